The number of rotatable bonds is 6. The van der Waals surface area contributed by atoms with Gasteiger partial charge in [-0.05, 0) is 31.2 Å². The third-order valence-corrected chi connectivity index (χ3v) is 3.98. The van der Waals surface area contributed by atoms with Crippen molar-refractivity contribution in [3.8, 4) is 23.0 Å². The van der Waals surface area contributed by atoms with E-state index in [4.69, 9.17) is 18.9 Å². The average molecular weight is 315 g/mol. The third kappa shape index (κ3) is 3.19. The maximum atomic E-state index is 5.54. The number of hydrogen-bond acceptors (Lipinski definition) is 5. The van der Waals surface area contributed by atoms with Crippen molar-refractivity contribution >= 4 is 0 Å². The molecule has 122 valence electrons. The Morgan fingerprint density at radius 1 is 1.13 bits per heavy atom. The van der Waals surface area contributed by atoms with Gasteiger partial charge in [0.15, 0.2) is 11.5 Å². The van der Waals surface area contributed by atoms with Crippen LogP contribution in [0.25, 0.3) is 0 Å². The largest absolute Gasteiger partial charge is 0.497 e. The predicted molar refractivity (Wildman–Crippen MR) is 87.4 cm³/mol. The first-order chi connectivity index (χ1) is 11.2. The summed E-state index contributed by atoms with van der Waals surface area (Å²) in [6.45, 7) is 3.05. The summed E-state index contributed by atoms with van der Waals surface area (Å²) < 4.78 is 21.7. The summed E-state index contributed by atoms with van der Waals surface area (Å²) in [5, 5.41) is 3.50. The Morgan fingerprint density at radius 2 is 2.00 bits per heavy atom. The minimum atomic E-state index is 0.0956. The molecule has 0 aliphatic carbocycles. The summed E-state index contributed by atoms with van der Waals surface area (Å²) in [4.78, 5) is 0. The van der Waals surface area contributed by atoms with Crippen LogP contribution < -0.4 is 24.3 Å². The van der Waals surface area contributed by atoms with Crippen LogP contribution in [0.1, 0.15) is 24.1 Å². The van der Waals surface area contributed by atoms with Crippen molar-refractivity contribution in [1.82, 2.24) is 5.32 Å². The number of para-hydroxylation sites is 1. The molecule has 1 atom stereocenters. The van der Waals surface area contributed by atoms with Crippen LogP contribution in [0.15, 0.2) is 36.4 Å². The van der Waals surface area contributed by atoms with Crippen molar-refractivity contribution in [1.29, 1.82) is 0 Å². The summed E-state index contributed by atoms with van der Waals surface area (Å²) in [6.07, 6.45) is 0. The predicted octanol–water partition coefficient (Wildman–Crippen LogP) is 3.28. The van der Waals surface area contributed by atoms with Crippen molar-refractivity contribution in [2.24, 2.45) is 0 Å². The SMILES string of the molecule is COc1ccc(OC)c(C(C)NCc2cccc3c2OCO3)c1. The molecule has 2 aromatic rings. The number of hydrogen-bond donors (Lipinski definition) is 1. The first kappa shape index (κ1) is 15.5. The molecule has 1 unspecified atom stereocenters. The molecule has 1 heterocycles. The summed E-state index contributed by atoms with van der Waals surface area (Å²) in [5.41, 5.74) is 2.13. The maximum Gasteiger partial charge on any atom is 0.231 e. The highest BCUT2D eigenvalue weighted by atomic mass is 16.7. The second kappa shape index (κ2) is 6.79. The minimum absolute atomic E-state index is 0.0956. The lowest BCUT2D eigenvalue weighted by Gasteiger charge is -2.18. The zero-order valence-electron chi connectivity index (χ0n) is 13.6. The van der Waals surface area contributed by atoms with Crippen molar-refractivity contribution in [2.45, 2.75) is 19.5 Å². The van der Waals surface area contributed by atoms with E-state index in [9.17, 15) is 0 Å². The van der Waals surface area contributed by atoms with Gasteiger partial charge in [-0.3, -0.25) is 0 Å². The van der Waals surface area contributed by atoms with E-state index in [-0.39, 0.29) is 12.8 Å². The Bertz CT molecular complexity index is 687. The van der Waals surface area contributed by atoms with Crippen molar-refractivity contribution in [3.63, 3.8) is 0 Å². The average Bonchev–Trinajstić information content (AvgIpc) is 3.08. The Balaban J connectivity index is 1.75. The summed E-state index contributed by atoms with van der Waals surface area (Å²) in [6, 6.07) is 11.8. The molecule has 1 N–H and O–H groups in total. The lowest BCUT2D eigenvalue weighted by Crippen LogP contribution is -2.19. The smallest absolute Gasteiger partial charge is 0.231 e. The standard InChI is InChI=1S/C18H21NO4/c1-12(15-9-14(20-2)7-8-16(15)21-3)19-10-13-5-4-6-17-18(13)23-11-22-17/h4-9,12,19H,10-11H2,1-3H3. The zero-order valence-corrected chi connectivity index (χ0v) is 13.6. The molecule has 0 spiro atoms. The topological polar surface area (TPSA) is 49.0 Å². The van der Waals surface area contributed by atoms with E-state index < -0.39 is 0 Å². The number of fused-ring (bicyclic) bond motifs is 1. The minimum Gasteiger partial charge on any atom is -0.497 e. The van der Waals surface area contributed by atoms with Gasteiger partial charge in [-0.25, -0.2) is 0 Å². The van der Waals surface area contributed by atoms with Crippen LogP contribution in [-0.4, -0.2) is 21.0 Å². The fraction of sp³-hybridized carbons (Fsp3) is 0.333. The van der Waals surface area contributed by atoms with Gasteiger partial charge in [-0.1, -0.05) is 12.1 Å². The van der Waals surface area contributed by atoms with Crippen LogP contribution in [-0.2, 0) is 6.54 Å². The molecule has 0 fully saturated rings. The van der Waals surface area contributed by atoms with Crippen LogP contribution in [0.5, 0.6) is 23.0 Å². The quantitative estimate of drug-likeness (QED) is 0.886. The van der Waals surface area contributed by atoms with Crippen LogP contribution >= 0.6 is 0 Å². The van der Waals surface area contributed by atoms with Gasteiger partial charge in [0, 0.05) is 23.7 Å². The van der Waals surface area contributed by atoms with Crippen molar-refractivity contribution in [3.05, 3.63) is 47.5 Å². The molecule has 5 nitrogen and oxygen atoms in total. The fourth-order valence-corrected chi connectivity index (χ4v) is 2.68. The van der Waals surface area contributed by atoms with E-state index in [0.29, 0.717) is 6.54 Å². The van der Waals surface area contributed by atoms with E-state index in [2.05, 4.69) is 12.2 Å². The third-order valence-electron chi connectivity index (χ3n) is 3.98. The molecular formula is C18H21NO4. The fourth-order valence-electron chi connectivity index (χ4n) is 2.68. The Hall–Kier alpha value is -2.40. The number of nitrogens with one attached hydrogen (secondary N) is 1. The monoisotopic (exact) mass is 315 g/mol. The molecular weight excluding hydrogens is 294 g/mol. The first-order valence-electron chi connectivity index (χ1n) is 7.55. The Kier molecular flexibility index (Phi) is 4.57. The van der Waals surface area contributed by atoms with Gasteiger partial charge in [-0.15, -0.1) is 0 Å². The molecule has 0 saturated carbocycles. The van der Waals surface area contributed by atoms with Crippen LogP contribution in [0.3, 0.4) is 0 Å². The molecule has 1 aliphatic rings. The molecule has 23 heavy (non-hydrogen) atoms. The Labute approximate surface area is 136 Å². The number of ether oxygens (including phenoxy) is 4. The lowest BCUT2D eigenvalue weighted by atomic mass is 10.1. The van der Waals surface area contributed by atoms with Crippen LogP contribution in [0.2, 0.25) is 0 Å². The van der Waals surface area contributed by atoms with Gasteiger partial charge in [0.25, 0.3) is 0 Å². The number of benzene rings is 2. The molecule has 0 saturated heterocycles. The molecule has 0 radical (unpaired) electrons. The molecule has 1 aliphatic heterocycles. The van der Waals surface area contributed by atoms with Crippen molar-refractivity contribution < 1.29 is 18.9 Å². The Morgan fingerprint density at radius 3 is 2.78 bits per heavy atom. The van der Waals surface area contributed by atoms with E-state index in [1.54, 1.807) is 14.2 Å². The lowest BCUT2D eigenvalue weighted by molar-refractivity contribution is 0.173. The second-order valence-electron chi connectivity index (χ2n) is 5.36. The van der Waals surface area contributed by atoms with Gasteiger partial charge in [0.1, 0.15) is 11.5 Å². The summed E-state index contributed by atoms with van der Waals surface area (Å²) >= 11 is 0. The van der Waals surface area contributed by atoms with Gasteiger partial charge >= 0.3 is 0 Å². The highest BCUT2D eigenvalue weighted by Gasteiger charge is 2.18. The molecule has 3 rings (SSSR count). The van der Waals surface area contributed by atoms with Gasteiger partial charge < -0.3 is 24.3 Å². The molecule has 0 aromatic heterocycles. The van der Waals surface area contributed by atoms with E-state index >= 15 is 0 Å². The normalized spacial score (nSPS) is 13.7. The van der Waals surface area contributed by atoms with Gasteiger partial charge in [0.05, 0.1) is 14.2 Å². The van der Waals surface area contributed by atoms with Crippen LogP contribution in [0.4, 0.5) is 0 Å². The molecule has 5 heteroatoms. The number of methoxy groups -OCH3 is 2. The van der Waals surface area contributed by atoms with Crippen LogP contribution in [0, 0.1) is 0 Å². The summed E-state index contributed by atoms with van der Waals surface area (Å²) in [7, 11) is 3.33. The van der Waals surface area contributed by atoms with Gasteiger partial charge in [-0.2, -0.15) is 0 Å². The van der Waals surface area contributed by atoms with Gasteiger partial charge in [0.2, 0.25) is 6.79 Å². The van der Waals surface area contributed by atoms with E-state index in [1.165, 1.54) is 0 Å². The zero-order chi connectivity index (χ0) is 16.2. The second-order valence-corrected chi connectivity index (χ2v) is 5.36. The summed E-state index contributed by atoms with van der Waals surface area (Å²) in [5.74, 6) is 3.27. The maximum absolute atomic E-state index is 5.54. The first-order valence-corrected chi connectivity index (χ1v) is 7.55. The molecule has 2 aromatic carbocycles. The highest BCUT2D eigenvalue weighted by molar-refractivity contribution is 5.48. The van der Waals surface area contributed by atoms with Crippen molar-refractivity contribution in [2.75, 3.05) is 21.0 Å². The molecule has 0 amide bonds. The highest BCUT2D eigenvalue weighted by Crippen LogP contribution is 2.36. The molecule has 0 bridgehead atoms. The van der Waals surface area contributed by atoms with E-state index in [0.717, 1.165) is 34.1 Å². The van der Waals surface area contributed by atoms with E-state index in [1.807, 2.05) is 36.4 Å².